The van der Waals surface area contributed by atoms with Gasteiger partial charge in [0.05, 0.1) is 0 Å². The smallest absolute Gasteiger partial charge is 0.270 e. The van der Waals surface area contributed by atoms with Crippen molar-refractivity contribution in [1.29, 1.82) is 0 Å². The van der Waals surface area contributed by atoms with Crippen LogP contribution in [0.25, 0.3) is 0 Å². The van der Waals surface area contributed by atoms with Gasteiger partial charge in [-0.2, -0.15) is 0 Å². The van der Waals surface area contributed by atoms with Gasteiger partial charge in [-0.15, -0.1) is 6.58 Å². The summed E-state index contributed by atoms with van der Waals surface area (Å²) in [5, 5.41) is 8.57. The fraction of sp³-hybridized carbons (Fsp3) is 0.118. The summed E-state index contributed by atoms with van der Waals surface area (Å²) in [4.78, 5) is 27.0. The first-order valence-corrected chi connectivity index (χ1v) is 7.08. The average molecular weight is 310 g/mol. The van der Waals surface area contributed by atoms with Gasteiger partial charge in [0.1, 0.15) is 5.69 Å². The highest BCUT2D eigenvalue weighted by atomic mass is 16.2. The molecule has 118 valence electrons. The predicted octanol–water partition coefficient (Wildman–Crippen LogP) is 2.70. The molecule has 3 N–H and O–H groups in total. The molecule has 0 bridgehead atoms. The summed E-state index contributed by atoms with van der Waals surface area (Å²) in [6, 6.07) is 10.7. The van der Waals surface area contributed by atoms with Crippen LogP contribution in [0, 0.1) is 0 Å². The topological polar surface area (TPSA) is 83.1 Å². The van der Waals surface area contributed by atoms with Crippen LogP contribution in [-0.4, -0.2) is 23.3 Å². The van der Waals surface area contributed by atoms with Gasteiger partial charge in [-0.25, -0.2) is 0 Å². The molecular formula is C17H18N4O2. The van der Waals surface area contributed by atoms with Crippen LogP contribution >= 0.6 is 0 Å². The molecule has 6 nitrogen and oxygen atoms in total. The molecule has 2 rings (SSSR count). The maximum absolute atomic E-state index is 11.9. The van der Waals surface area contributed by atoms with Gasteiger partial charge in [0.15, 0.2) is 0 Å². The third-order valence-electron chi connectivity index (χ3n) is 2.87. The van der Waals surface area contributed by atoms with E-state index in [1.165, 1.54) is 6.92 Å². The molecular weight excluding hydrogens is 292 g/mol. The van der Waals surface area contributed by atoms with Crippen molar-refractivity contribution in [3.05, 3.63) is 60.9 Å². The number of pyridine rings is 1. The highest BCUT2D eigenvalue weighted by Crippen LogP contribution is 2.20. The summed E-state index contributed by atoms with van der Waals surface area (Å²) in [5.74, 6) is -0.396. The number of hydrogen-bond acceptors (Lipinski definition) is 4. The molecule has 6 heteroatoms. The lowest BCUT2D eigenvalue weighted by molar-refractivity contribution is -0.114. The van der Waals surface area contributed by atoms with Crippen LogP contribution in [0.4, 0.5) is 17.1 Å². The molecule has 0 atom stereocenters. The van der Waals surface area contributed by atoms with Crippen LogP contribution in [0.1, 0.15) is 17.4 Å². The molecule has 0 saturated carbocycles. The first-order valence-electron chi connectivity index (χ1n) is 7.08. The zero-order valence-electron chi connectivity index (χ0n) is 12.8. The number of nitrogens with one attached hydrogen (secondary N) is 3. The van der Waals surface area contributed by atoms with E-state index < -0.39 is 0 Å². The van der Waals surface area contributed by atoms with Crippen LogP contribution in [0.5, 0.6) is 0 Å². The molecule has 0 radical (unpaired) electrons. The molecule has 23 heavy (non-hydrogen) atoms. The number of hydrogen-bond donors (Lipinski definition) is 3. The quantitative estimate of drug-likeness (QED) is 0.716. The zero-order chi connectivity index (χ0) is 16.7. The van der Waals surface area contributed by atoms with Crippen LogP contribution in [0.2, 0.25) is 0 Å². The molecule has 0 spiro atoms. The molecule has 2 amide bonds. The minimum atomic E-state index is -0.263. The molecule has 0 aliphatic rings. The van der Waals surface area contributed by atoms with Crippen molar-refractivity contribution >= 4 is 28.9 Å². The van der Waals surface area contributed by atoms with Crippen molar-refractivity contribution in [2.75, 3.05) is 17.2 Å². The Morgan fingerprint density at radius 3 is 2.65 bits per heavy atom. The van der Waals surface area contributed by atoms with Gasteiger partial charge in [0, 0.05) is 36.7 Å². The van der Waals surface area contributed by atoms with Crippen LogP contribution in [0.3, 0.4) is 0 Å². The van der Waals surface area contributed by atoms with E-state index in [9.17, 15) is 9.59 Å². The number of anilines is 3. The van der Waals surface area contributed by atoms with Crippen molar-refractivity contribution in [3.8, 4) is 0 Å². The second kappa shape index (κ2) is 7.74. The van der Waals surface area contributed by atoms with E-state index in [-0.39, 0.29) is 11.8 Å². The van der Waals surface area contributed by atoms with E-state index in [1.54, 1.807) is 36.5 Å². The molecule has 1 heterocycles. The number of aromatic nitrogens is 1. The van der Waals surface area contributed by atoms with Gasteiger partial charge in [-0.1, -0.05) is 12.1 Å². The number of carbonyl (C=O) groups excluding carboxylic acids is 2. The molecule has 2 aromatic rings. The summed E-state index contributed by atoms with van der Waals surface area (Å²) in [7, 11) is 0. The molecule has 0 aliphatic carbocycles. The lowest BCUT2D eigenvalue weighted by atomic mass is 10.2. The number of rotatable bonds is 6. The molecule has 0 unspecified atom stereocenters. The Labute approximate surface area is 134 Å². The SMILES string of the molecule is C=CCNC(=O)c1cc(Nc2cccc(NC(C)=O)c2)ccn1. The minimum Gasteiger partial charge on any atom is -0.355 e. The van der Waals surface area contributed by atoms with E-state index in [2.05, 4.69) is 27.5 Å². The Kier molecular flexibility index (Phi) is 5.46. The number of carbonyl (C=O) groups is 2. The standard InChI is InChI=1S/C17H18N4O2/c1-3-8-19-17(23)16-11-15(7-9-18-16)21-14-6-4-5-13(10-14)20-12(2)22/h3-7,9-11H,1,8H2,2H3,(H,18,21)(H,19,23)(H,20,22). The first-order chi connectivity index (χ1) is 11.1. The van der Waals surface area contributed by atoms with Gasteiger partial charge in [-0.05, 0) is 30.3 Å². The van der Waals surface area contributed by atoms with Crippen molar-refractivity contribution in [2.45, 2.75) is 6.92 Å². The molecule has 1 aromatic heterocycles. The summed E-state index contributed by atoms with van der Waals surface area (Å²) in [5.41, 5.74) is 2.53. The van der Waals surface area contributed by atoms with E-state index in [0.717, 1.165) is 11.4 Å². The fourth-order valence-corrected chi connectivity index (χ4v) is 1.93. The third kappa shape index (κ3) is 4.96. The van der Waals surface area contributed by atoms with Crippen LogP contribution < -0.4 is 16.0 Å². The zero-order valence-corrected chi connectivity index (χ0v) is 12.8. The van der Waals surface area contributed by atoms with Gasteiger partial charge in [0.2, 0.25) is 5.91 Å². The maximum atomic E-state index is 11.9. The Morgan fingerprint density at radius 1 is 1.17 bits per heavy atom. The Balaban J connectivity index is 2.12. The van der Waals surface area contributed by atoms with E-state index in [0.29, 0.717) is 17.9 Å². The number of benzene rings is 1. The Bertz CT molecular complexity index is 728. The van der Waals surface area contributed by atoms with E-state index >= 15 is 0 Å². The normalized spacial score (nSPS) is 9.78. The van der Waals surface area contributed by atoms with Gasteiger partial charge < -0.3 is 16.0 Å². The first kappa shape index (κ1) is 16.2. The lowest BCUT2D eigenvalue weighted by Crippen LogP contribution is -2.24. The molecule has 0 fully saturated rings. The van der Waals surface area contributed by atoms with Crippen LogP contribution in [-0.2, 0) is 4.79 Å². The second-order valence-electron chi connectivity index (χ2n) is 4.82. The Hall–Kier alpha value is -3.15. The predicted molar refractivity (Wildman–Crippen MR) is 90.8 cm³/mol. The average Bonchev–Trinajstić information content (AvgIpc) is 2.52. The van der Waals surface area contributed by atoms with Crippen LogP contribution in [0.15, 0.2) is 55.3 Å². The monoisotopic (exact) mass is 310 g/mol. The van der Waals surface area contributed by atoms with Crippen molar-refractivity contribution in [3.63, 3.8) is 0 Å². The molecule has 1 aromatic carbocycles. The van der Waals surface area contributed by atoms with Crippen molar-refractivity contribution in [1.82, 2.24) is 10.3 Å². The minimum absolute atomic E-state index is 0.132. The summed E-state index contributed by atoms with van der Waals surface area (Å²) < 4.78 is 0. The summed E-state index contributed by atoms with van der Waals surface area (Å²) in [6.07, 6.45) is 3.16. The van der Waals surface area contributed by atoms with Crippen molar-refractivity contribution in [2.24, 2.45) is 0 Å². The highest BCUT2D eigenvalue weighted by Gasteiger charge is 2.07. The number of amides is 2. The van der Waals surface area contributed by atoms with Gasteiger partial charge in [0.25, 0.3) is 5.91 Å². The second-order valence-corrected chi connectivity index (χ2v) is 4.82. The highest BCUT2D eigenvalue weighted by molar-refractivity contribution is 5.93. The van der Waals surface area contributed by atoms with Gasteiger partial charge >= 0.3 is 0 Å². The third-order valence-corrected chi connectivity index (χ3v) is 2.87. The lowest BCUT2D eigenvalue weighted by Gasteiger charge is -2.10. The summed E-state index contributed by atoms with van der Waals surface area (Å²) in [6.45, 7) is 5.39. The maximum Gasteiger partial charge on any atom is 0.270 e. The van der Waals surface area contributed by atoms with E-state index in [1.807, 2.05) is 12.1 Å². The molecule has 0 saturated heterocycles. The largest absolute Gasteiger partial charge is 0.355 e. The Morgan fingerprint density at radius 2 is 1.91 bits per heavy atom. The summed E-state index contributed by atoms with van der Waals surface area (Å²) >= 11 is 0. The van der Waals surface area contributed by atoms with Crippen molar-refractivity contribution < 1.29 is 9.59 Å². The number of nitrogens with zero attached hydrogens (tertiary/aromatic N) is 1. The van der Waals surface area contributed by atoms with E-state index in [4.69, 9.17) is 0 Å². The fourth-order valence-electron chi connectivity index (χ4n) is 1.93. The van der Waals surface area contributed by atoms with Gasteiger partial charge in [-0.3, -0.25) is 14.6 Å². The molecule has 0 aliphatic heterocycles.